The Morgan fingerprint density at radius 1 is 0.707 bits per heavy atom. The van der Waals surface area contributed by atoms with E-state index in [1.807, 2.05) is 0 Å². The smallest absolute Gasteiger partial charge is 0.306 e. The molecule has 0 aromatic carbocycles. The monoisotopic (exact) mass is 592 g/mol. The third-order valence-corrected chi connectivity index (χ3v) is 7.36. The van der Waals surface area contributed by atoms with Crippen LogP contribution in [0.2, 0.25) is 0 Å². The molecule has 0 aliphatic carbocycles. The Bertz CT molecular complexity index is 677. The lowest BCUT2D eigenvalue weighted by Crippen LogP contribution is -2.62. The number of unbranched alkanes of at least 4 members (excludes halogenated alkanes) is 12. The van der Waals surface area contributed by atoms with Gasteiger partial charge in [0, 0.05) is 12.8 Å². The highest BCUT2D eigenvalue weighted by Gasteiger charge is 2.50. The number of rotatable bonds is 24. The minimum atomic E-state index is -1.50. The van der Waals surface area contributed by atoms with Gasteiger partial charge in [0.2, 0.25) is 0 Å². The molecule has 11 nitrogen and oxygen atoms in total. The number of ether oxygens (including phenoxy) is 4. The van der Waals surface area contributed by atoms with Gasteiger partial charge in [-0.25, -0.2) is 0 Å². The molecule has 1 aliphatic rings. The van der Waals surface area contributed by atoms with E-state index in [0.29, 0.717) is 12.8 Å². The van der Waals surface area contributed by atoms with Crippen molar-refractivity contribution < 1.29 is 54.1 Å². The molecule has 0 bridgehead atoms. The second-order valence-corrected chi connectivity index (χ2v) is 11.0. The summed E-state index contributed by atoms with van der Waals surface area (Å²) < 4.78 is 22.4. The van der Waals surface area contributed by atoms with Gasteiger partial charge in [-0.1, -0.05) is 90.9 Å². The SMILES string of the molecule is CCCCCCCCCC(=O)O[C@@H]1[C@@H](OC[C@@H](O)[C@@H](O)CO)O[C@H](CO)[C@@H](O)[C@@H]1OC(=O)CCCCCCCCC. The maximum atomic E-state index is 12.8. The maximum absolute atomic E-state index is 12.8. The third-order valence-electron chi connectivity index (χ3n) is 7.36. The first-order valence-electron chi connectivity index (χ1n) is 15.7. The van der Waals surface area contributed by atoms with Gasteiger partial charge in [0.15, 0.2) is 18.5 Å². The fourth-order valence-corrected chi connectivity index (χ4v) is 4.74. The number of carbonyl (C=O) groups excluding carboxylic acids is 2. The van der Waals surface area contributed by atoms with Crippen LogP contribution in [0.15, 0.2) is 0 Å². The van der Waals surface area contributed by atoms with Crippen LogP contribution < -0.4 is 0 Å². The standard InChI is InChI=1S/C30H56O11/c1-3-5-7-9-11-13-15-17-25(35)40-28-27(37)24(20-32)39-30(38-21-23(34)22(33)19-31)29(28)41-26(36)18-16-14-12-10-8-6-4-2/h22-24,27-34,37H,3-21H2,1-2H3/t22-,23+,24+,27+,28-,29-,30-/m0/s1. The van der Waals surface area contributed by atoms with Gasteiger partial charge in [-0.2, -0.15) is 0 Å². The lowest BCUT2D eigenvalue weighted by atomic mass is 9.98. The maximum Gasteiger partial charge on any atom is 0.306 e. The molecule has 41 heavy (non-hydrogen) atoms. The molecule has 0 saturated carbocycles. The van der Waals surface area contributed by atoms with Gasteiger partial charge in [-0.3, -0.25) is 9.59 Å². The van der Waals surface area contributed by atoms with Crippen molar-refractivity contribution in [1.29, 1.82) is 0 Å². The molecule has 0 radical (unpaired) electrons. The van der Waals surface area contributed by atoms with Crippen LogP contribution in [0.4, 0.5) is 0 Å². The summed E-state index contributed by atoms with van der Waals surface area (Å²) in [5.74, 6) is -1.16. The summed E-state index contributed by atoms with van der Waals surface area (Å²) in [6.07, 6.45) is 4.57. The second kappa shape index (κ2) is 23.2. The molecule has 1 saturated heterocycles. The molecule has 0 amide bonds. The highest BCUT2D eigenvalue weighted by atomic mass is 16.7. The van der Waals surface area contributed by atoms with Crippen LogP contribution >= 0.6 is 0 Å². The minimum absolute atomic E-state index is 0.112. The highest BCUT2D eigenvalue weighted by Crippen LogP contribution is 2.28. The third kappa shape index (κ3) is 15.6. The molecule has 1 heterocycles. The zero-order chi connectivity index (χ0) is 30.5. The molecule has 0 aromatic rings. The van der Waals surface area contributed by atoms with Crippen molar-refractivity contribution in [2.45, 2.75) is 159 Å². The molecular weight excluding hydrogens is 536 g/mol. The fraction of sp³-hybridized carbons (Fsp3) is 0.933. The van der Waals surface area contributed by atoms with Crippen LogP contribution in [0.25, 0.3) is 0 Å². The van der Waals surface area contributed by atoms with Gasteiger partial charge in [0.05, 0.1) is 19.8 Å². The van der Waals surface area contributed by atoms with Crippen molar-refractivity contribution in [3.63, 3.8) is 0 Å². The average Bonchev–Trinajstić information content (AvgIpc) is 2.96. The molecule has 0 spiro atoms. The molecule has 7 atom stereocenters. The van der Waals surface area contributed by atoms with Crippen molar-refractivity contribution >= 4 is 11.9 Å². The predicted molar refractivity (Wildman–Crippen MR) is 152 cm³/mol. The van der Waals surface area contributed by atoms with Crippen LogP contribution in [0, 0.1) is 0 Å². The van der Waals surface area contributed by atoms with Crippen LogP contribution in [0.5, 0.6) is 0 Å². The van der Waals surface area contributed by atoms with Gasteiger partial charge in [-0.15, -0.1) is 0 Å². The predicted octanol–water partition coefficient (Wildman–Crippen LogP) is 2.90. The van der Waals surface area contributed by atoms with E-state index in [0.717, 1.165) is 64.2 Å². The Labute approximate surface area is 245 Å². The van der Waals surface area contributed by atoms with E-state index in [9.17, 15) is 30.0 Å². The summed E-state index contributed by atoms with van der Waals surface area (Å²) in [5.41, 5.74) is 0. The number of hydrogen-bond donors (Lipinski definition) is 5. The Kier molecular flexibility index (Phi) is 21.3. The van der Waals surface area contributed by atoms with E-state index in [4.69, 9.17) is 24.1 Å². The molecule has 11 heteroatoms. The first-order valence-corrected chi connectivity index (χ1v) is 15.7. The van der Waals surface area contributed by atoms with Crippen LogP contribution in [-0.4, -0.2) is 100 Å². The molecule has 0 aromatic heterocycles. The first kappa shape index (κ1) is 37.7. The topological polar surface area (TPSA) is 172 Å². The van der Waals surface area contributed by atoms with Gasteiger partial charge in [-0.05, 0) is 12.8 Å². The first-order chi connectivity index (χ1) is 19.8. The van der Waals surface area contributed by atoms with Crippen molar-refractivity contribution in [3.8, 4) is 0 Å². The number of hydrogen-bond acceptors (Lipinski definition) is 11. The Morgan fingerprint density at radius 2 is 1.17 bits per heavy atom. The molecule has 1 aliphatic heterocycles. The zero-order valence-electron chi connectivity index (χ0n) is 25.2. The molecule has 242 valence electrons. The summed E-state index contributed by atoms with van der Waals surface area (Å²) in [5, 5.41) is 49.4. The van der Waals surface area contributed by atoms with Crippen molar-refractivity contribution in [2.24, 2.45) is 0 Å². The summed E-state index contributed by atoms with van der Waals surface area (Å²) in [4.78, 5) is 25.5. The van der Waals surface area contributed by atoms with Gasteiger partial charge >= 0.3 is 11.9 Å². The van der Waals surface area contributed by atoms with Gasteiger partial charge in [0.25, 0.3) is 0 Å². The van der Waals surface area contributed by atoms with Crippen molar-refractivity contribution in [1.82, 2.24) is 0 Å². The van der Waals surface area contributed by atoms with E-state index in [-0.39, 0.29) is 12.8 Å². The summed E-state index contributed by atoms with van der Waals surface area (Å²) >= 11 is 0. The zero-order valence-corrected chi connectivity index (χ0v) is 25.2. The Morgan fingerprint density at radius 3 is 1.63 bits per heavy atom. The van der Waals surface area contributed by atoms with Gasteiger partial charge in [0.1, 0.15) is 24.4 Å². The number of aliphatic hydroxyl groups is 5. The molecule has 1 rings (SSSR count). The average molecular weight is 593 g/mol. The van der Waals surface area contributed by atoms with E-state index in [1.165, 1.54) is 12.8 Å². The van der Waals surface area contributed by atoms with Crippen molar-refractivity contribution in [2.75, 3.05) is 19.8 Å². The number of aliphatic hydroxyl groups excluding tert-OH is 5. The summed E-state index contributed by atoms with van der Waals surface area (Å²) in [6, 6.07) is 0. The second-order valence-electron chi connectivity index (χ2n) is 11.0. The van der Waals surface area contributed by atoms with Gasteiger partial charge < -0.3 is 44.5 Å². The van der Waals surface area contributed by atoms with Crippen LogP contribution in [-0.2, 0) is 28.5 Å². The molecule has 1 fully saturated rings. The normalized spacial score (nSPS) is 24.1. The number of esters is 2. The highest BCUT2D eigenvalue weighted by molar-refractivity contribution is 5.70. The molecule has 5 N–H and O–H groups in total. The molecular formula is C30H56O11. The van der Waals surface area contributed by atoms with E-state index in [2.05, 4.69) is 13.8 Å². The summed E-state index contributed by atoms with van der Waals surface area (Å²) in [7, 11) is 0. The lowest BCUT2D eigenvalue weighted by molar-refractivity contribution is -0.311. The Balaban J connectivity index is 2.84. The fourth-order valence-electron chi connectivity index (χ4n) is 4.74. The minimum Gasteiger partial charge on any atom is -0.455 e. The largest absolute Gasteiger partial charge is 0.455 e. The number of carbonyl (C=O) groups is 2. The van der Waals surface area contributed by atoms with Crippen LogP contribution in [0.3, 0.4) is 0 Å². The van der Waals surface area contributed by atoms with E-state index in [1.54, 1.807) is 0 Å². The van der Waals surface area contributed by atoms with Crippen LogP contribution in [0.1, 0.15) is 117 Å². The Hall–Kier alpha value is -1.34. The quantitative estimate of drug-likeness (QED) is 0.0824. The van der Waals surface area contributed by atoms with E-state index >= 15 is 0 Å². The molecule has 0 unspecified atom stereocenters. The van der Waals surface area contributed by atoms with Crippen molar-refractivity contribution in [3.05, 3.63) is 0 Å². The lowest BCUT2D eigenvalue weighted by Gasteiger charge is -2.43. The summed E-state index contributed by atoms with van der Waals surface area (Å²) in [6.45, 7) is 2.46. The van der Waals surface area contributed by atoms with E-state index < -0.39 is 74.7 Å².